The van der Waals surface area contributed by atoms with Gasteiger partial charge in [0.05, 0.1) is 11.5 Å². The molecule has 1 aliphatic heterocycles. The summed E-state index contributed by atoms with van der Waals surface area (Å²) in [6.45, 7) is 3.70. The Bertz CT molecular complexity index is 537. The highest BCUT2D eigenvalue weighted by Crippen LogP contribution is 2.17. The van der Waals surface area contributed by atoms with E-state index in [1.807, 2.05) is 20.0 Å². The van der Waals surface area contributed by atoms with E-state index in [-0.39, 0.29) is 6.04 Å². The molecular weight excluding hydrogens is 264 g/mol. The van der Waals surface area contributed by atoms with E-state index in [4.69, 9.17) is 4.74 Å². The van der Waals surface area contributed by atoms with Gasteiger partial charge in [0.1, 0.15) is 0 Å². The Hall–Kier alpha value is -0.950. The van der Waals surface area contributed by atoms with Gasteiger partial charge in [-0.2, -0.15) is 0 Å². The Kier molecular flexibility index (Phi) is 4.57. The fourth-order valence-corrected chi connectivity index (χ4v) is 3.42. The molecule has 0 aromatic heterocycles. The fraction of sp³-hybridized carbons (Fsp3) is 0.538. The van der Waals surface area contributed by atoms with Crippen molar-refractivity contribution in [2.24, 2.45) is 0 Å². The van der Waals surface area contributed by atoms with E-state index in [1.165, 1.54) is 0 Å². The maximum Gasteiger partial charge on any atom is 0.240 e. The lowest BCUT2D eigenvalue weighted by Gasteiger charge is -2.13. The summed E-state index contributed by atoms with van der Waals surface area (Å²) in [5.74, 6) is 0. The quantitative estimate of drug-likeness (QED) is 0.838. The standard InChI is InChI=1S/C13H20N2O3S/c1-10-3-4-13(7-11(10)8-14-2)19(16,17)15-12-5-6-18-9-12/h3-4,7,12,14-15H,5-6,8-9H2,1-2H3. The molecule has 1 aromatic rings. The van der Waals surface area contributed by atoms with Crippen molar-refractivity contribution in [2.45, 2.75) is 30.8 Å². The van der Waals surface area contributed by atoms with Gasteiger partial charge in [-0.3, -0.25) is 0 Å². The number of rotatable bonds is 5. The number of hydrogen-bond donors (Lipinski definition) is 2. The number of nitrogens with one attached hydrogen (secondary N) is 2. The molecule has 0 bridgehead atoms. The Labute approximate surface area is 114 Å². The van der Waals surface area contributed by atoms with Crippen LogP contribution in [0.2, 0.25) is 0 Å². The predicted octanol–water partition coefficient (Wildman–Crippen LogP) is 0.782. The summed E-state index contributed by atoms with van der Waals surface area (Å²) in [5, 5.41) is 3.04. The van der Waals surface area contributed by atoms with Crippen LogP contribution in [0.5, 0.6) is 0 Å². The second-order valence-electron chi connectivity index (χ2n) is 4.80. The van der Waals surface area contributed by atoms with Crippen LogP contribution in [0, 0.1) is 6.92 Å². The van der Waals surface area contributed by atoms with Crippen molar-refractivity contribution < 1.29 is 13.2 Å². The van der Waals surface area contributed by atoms with E-state index in [0.29, 0.717) is 24.7 Å². The molecule has 1 atom stereocenters. The largest absolute Gasteiger partial charge is 0.380 e. The second-order valence-corrected chi connectivity index (χ2v) is 6.51. The summed E-state index contributed by atoms with van der Waals surface area (Å²) in [6.07, 6.45) is 0.731. The van der Waals surface area contributed by atoms with Gasteiger partial charge in [0.25, 0.3) is 0 Å². The van der Waals surface area contributed by atoms with Crippen LogP contribution in [0.3, 0.4) is 0 Å². The van der Waals surface area contributed by atoms with E-state index < -0.39 is 10.0 Å². The Balaban J connectivity index is 2.21. The average Bonchev–Trinajstić information content (AvgIpc) is 2.84. The first-order valence-electron chi connectivity index (χ1n) is 6.37. The normalized spacial score (nSPS) is 19.8. The average molecular weight is 284 g/mol. The number of benzene rings is 1. The van der Waals surface area contributed by atoms with Crippen molar-refractivity contribution in [3.8, 4) is 0 Å². The monoisotopic (exact) mass is 284 g/mol. The molecule has 106 valence electrons. The molecule has 1 unspecified atom stereocenters. The van der Waals surface area contributed by atoms with Crippen LogP contribution in [0.25, 0.3) is 0 Å². The molecule has 0 saturated carbocycles. The molecule has 1 aliphatic rings. The van der Waals surface area contributed by atoms with Crippen molar-refractivity contribution in [3.05, 3.63) is 29.3 Å². The molecule has 1 fully saturated rings. The zero-order valence-electron chi connectivity index (χ0n) is 11.3. The molecule has 2 rings (SSSR count). The lowest BCUT2D eigenvalue weighted by atomic mass is 10.1. The minimum atomic E-state index is -3.46. The molecular formula is C13H20N2O3S. The minimum Gasteiger partial charge on any atom is -0.380 e. The van der Waals surface area contributed by atoms with Gasteiger partial charge in [-0.25, -0.2) is 13.1 Å². The van der Waals surface area contributed by atoms with E-state index in [2.05, 4.69) is 10.0 Å². The van der Waals surface area contributed by atoms with Crippen LogP contribution in [-0.4, -0.2) is 34.7 Å². The van der Waals surface area contributed by atoms with E-state index in [1.54, 1.807) is 12.1 Å². The van der Waals surface area contributed by atoms with Crippen molar-refractivity contribution in [2.75, 3.05) is 20.3 Å². The molecule has 6 heteroatoms. The smallest absolute Gasteiger partial charge is 0.240 e. The fourth-order valence-electron chi connectivity index (χ4n) is 2.11. The van der Waals surface area contributed by atoms with E-state index in [0.717, 1.165) is 17.5 Å². The summed E-state index contributed by atoms with van der Waals surface area (Å²) < 4.78 is 32.4. The zero-order valence-corrected chi connectivity index (χ0v) is 12.1. The number of hydrogen-bond acceptors (Lipinski definition) is 4. The van der Waals surface area contributed by atoms with Crippen molar-refractivity contribution >= 4 is 10.0 Å². The third kappa shape index (κ3) is 3.54. The molecule has 0 aliphatic carbocycles. The first kappa shape index (κ1) is 14.5. The maximum atomic E-state index is 12.3. The predicted molar refractivity (Wildman–Crippen MR) is 73.5 cm³/mol. The number of ether oxygens (including phenoxy) is 1. The van der Waals surface area contributed by atoms with Crippen LogP contribution in [-0.2, 0) is 21.3 Å². The zero-order chi connectivity index (χ0) is 13.9. The minimum absolute atomic E-state index is 0.112. The van der Waals surface area contributed by atoms with Gasteiger partial charge in [0.2, 0.25) is 10.0 Å². The number of aryl methyl sites for hydroxylation is 1. The van der Waals surface area contributed by atoms with Crippen molar-refractivity contribution in [1.82, 2.24) is 10.0 Å². The van der Waals surface area contributed by atoms with Crippen LogP contribution in [0.4, 0.5) is 0 Å². The second kappa shape index (κ2) is 6.00. The molecule has 0 amide bonds. The molecule has 0 radical (unpaired) electrons. The van der Waals surface area contributed by atoms with Crippen LogP contribution in [0.1, 0.15) is 17.5 Å². The Morgan fingerprint density at radius 2 is 2.21 bits per heavy atom. The van der Waals surface area contributed by atoms with Crippen LogP contribution >= 0.6 is 0 Å². The van der Waals surface area contributed by atoms with Gasteiger partial charge in [-0.05, 0) is 43.7 Å². The van der Waals surface area contributed by atoms with Gasteiger partial charge in [-0.1, -0.05) is 6.07 Å². The third-order valence-corrected chi connectivity index (χ3v) is 4.77. The summed E-state index contributed by atoms with van der Waals surface area (Å²) in [7, 11) is -1.62. The van der Waals surface area contributed by atoms with Gasteiger partial charge in [0, 0.05) is 19.2 Å². The van der Waals surface area contributed by atoms with E-state index >= 15 is 0 Å². The number of sulfonamides is 1. The first-order valence-corrected chi connectivity index (χ1v) is 7.85. The highest BCUT2D eigenvalue weighted by atomic mass is 32.2. The lowest BCUT2D eigenvalue weighted by molar-refractivity contribution is 0.192. The van der Waals surface area contributed by atoms with Crippen molar-refractivity contribution in [1.29, 1.82) is 0 Å². The lowest BCUT2D eigenvalue weighted by Crippen LogP contribution is -2.35. The maximum absolute atomic E-state index is 12.3. The van der Waals surface area contributed by atoms with Crippen LogP contribution < -0.4 is 10.0 Å². The molecule has 19 heavy (non-hydrogen) atoms. The first-order chi connectivity index (χ1) is 9.03. The third-order valence-electron chi connectivity index (χ3n) is 3.25. The summed E-state index contributed by atoms with van der Waals surface area (Å²) in [5.41, 5.74) is 2.07. The Morgan fingerprint density at radius 1 is 1.42 bits per heavy atom. The highest BCUT2D eigenvalue weighted by molar-refractivity contribution is 7.89. The molecule has 1 saturated heterocycles. The molecule has 5 nitrogen and oxygen atoms in total. The summed E-state index contributed by atoms with van der Waals surface area (Å²) >= 11 is 0. The molecule has 1 aromatic carbocycles. The van der Waals surface area contributed by atoms with Crippen LogP contribution in [0.15, 0.2) is 23.1 Å². The summed E-state index contributed by atoms with van der Waals surface area (Å²) in [6, 6.07) is 5.10. The SMILES string of the molecule is CNCc1cc(S(=O)(=O)NC2CCOC2)ccc1C. The van der Waals surface area contributed by atoms with E-state index in [9.17, 15) is 8.42 Å². The van der Waals surface area contributed by atoms with Gasteiger partial charge < -0.3 is 10.1 Å². The van der Waals surface area contributed by atoms with Gasteiger partial charge in [-0.15, -0.1) is 0 Å². The molecule has 2 N–H and O–H groups in total. The molecule has 1 heterocycles. The van der Waals surface area contributed by atoms with Gasteiger partial charge >= 0.3 is 0 Å². The van der Waals surface area contributed by atoms with Crippen molar-refractivity contribution in [3.63, 3.8) is 0 Å². The topological polar surface area (TPSA) is 67.4 Å². The Morgan fingerprint density at radius 3 is 2.84 bits per heavy atom. The van der Waals surface area contributed by atoms with Gasteiger partial charge in [0.15, 0.2) is 0 Å². The summed E-state index contributed by atoms with van der Waals surface area (Å²) in [4.78, 5) is 0.315. The highest BCUT2D eigenvalue weighted by Gasteiger charge is 2.23. The molecule has 0 spiro atoms.